The summed E-state index contributed by atoms with van der Waals surface area (Å²) in [6.45, 7) is 11.6. The van der Waals surface area contributed by atoms with Crippen LogP contribution in [0.15, 0.2) is 48.5 Å². The topological polar surface area (TPSA) is 59.4 Å². The SMILES string of the molecule is CCN(CC)CCOc1ccccc1NC(=O)Cc1c(C)nn(-c2ccc(Cl)cc2)c1C. The van der Waals surface area contributed by atoms with E-state index in [-0.39, 0.29) is 12.3 Å². The first kappa shape index (κ1) is 23.8. The summed E-state index contributed by atoms with van der Waals surface area (Å²) in [6.07, 6.45) is 0.235. The summed E-state index contributed by atoms with van der Waals surface area (Å²) in [4.78, 5) is 15.2. The number of rotatable bonds is 10. The maximum absolute atomic E-state index is 12.9. The van der Waals surface area contributed by atoms with Gasteiger partial charge in [0.15, 0.2) is 0 Å². The third kappa shape index (κ3) is 5.90. The number of para-hydroxylation sites is 2. The van der Waals surface area contributed by atoms with Gasteiger partial charge in [0.05, 0.1) is 23.5 Å². The summed E-state index contributed by atoms with van der Waals surface area (Å²) in [7, 11) is 0. The van der Waals surface area contributed by atoms with Gasteiger partial charge in [-0.2, -0.15) is 5.10 Å². The zero-order valence-corrected chi connectivity index (χ0v) is 19.9. The molecule has 0 saturated carbocycles. The Hall–Kier alpha value is -2.83. The molecule has 1 heterocycles. The van der Waals surface area contributed by atoms with Crippen molar-refractivity contribution in [2.24, 2.45) is 0 Å². The molecule has 1 aromatic heterocycles. The third-order valence-electron chi connectivity index (χ3n) is 5.57. The largest absolute Gasteiger partial charge is 0.490 e. The second kappa shape index (κ2) is 11.2. The molecule has 0 aliphatic carbocycles. The fourth-order valence-corrected chi connectivity index (χ4v) is 3.77. The molecule has 3 rings (SSSR count). The van der Waals surface area contributed by atoms with Crippen molar-refractivity contribution in [1.82, 2.24) is 14.7 Å². The molecule has 6 nitrogen and oxygen atoms in total. The van der Waals surface area contributed by atoms with Gasteiger partial charge in [0.25, 0.3) is 0 Å². The first-order valence-corrected chi connectivity index (χ1v) is 11.4. The molecule has 0 unspecified atom stereocenters. The second-order valence-electron chi connectivity index (χ2n) is 7.63. The molecule has 0 aliphatic heterocycles. The van der Waals surface area contributed by atoms with Crippen LogP contribution in [-0.2, 0) is 11.2 Å². The van der Waals surface area contributed by atoms with E-state index in [0.29, 0.717) is 23.1 Å². The Kier molecular flexibility index (Phi) is 8.31. The van der Waals surface area contributed by atoms with Crippen molar-refractivity contribution in [1.29, 1.82) is 0 Å². The lowest BCUT2D eigenvalue weighted by Crippen LogP contribution is -2.28. The minimum atomic E-state index is -0.105. The van der Waals surface area contributed by atoms with Crippen molar-refractivity contribution in [2.75, 3.05) is 31.6 Å². The molecule has 0 aliphatic rings. The number of likely N-dealkylation sites (N-methyl/N-ethyl adjacent to an activating group) is 1. The predicted octanol–water partition coefficient (Wildman–Crippen LogP) is 5.04. The standard InChI is InChI=1S/C25H31ClN4O2/c1-5-29(6-2)15-16-32-24-10-8-7-9-23(24)27-25(31)17-22-18(3)28-30(19(22)4)21-13-11-20(26)12-14-21/h7-14H,5-6,15-17H2,1-4H3,(H,27,31). The van der Waals surface area contributed by atoms with Crippen LogP contribution in [0.5, 0.6) is 5.75 Å². The van der Waals surface area contributed by atoms with Gasteiger partial charge in [0.2, 0.25) is 5.91 Å². The number of amides is 1. The van der Waals surface area contributed by atoms with E-state index in [1.165, 1.54) is 0 Å². The molecule has 1 amide bonds. The minimum Gasteiger partial charge on any atom is -0.490 e. The monoisotopic (exact) mass is 454 g/mol. The second-order valence-corrected chi connectivity index (χ2v) is 8.07. The Morgan fingerprint density at radius 1 is 1.09 bits per heavy atom. The van der Waals surface area contributed by atoms with Gasteiger partial charge in [-0.1, -0.05) is 37.6 Å². The number of carbonyl (C=O) groups excluding carboxylic acids is 1. The maximum atomic E-state index is 12.9. The van der Waals surface area contributed by atoms with Crippen molar-refractivity contribution in [3.8, 4) is 11.4 Å². The van der Waals surface area contributed by atoms with E-state index in [0.717, 1.165) is 42.3 Å². The van der Waals surface area contributed by atoms with Crippen molar-refractivity contribution in [2.45, 2.75) is 34.1 Å². The smallest absolute Gasteiger partial charge is 0.229 e. The Labute approximate surface area is 195 Å². The molecule has 170 valence electrons. The summed E-state index contributed by atoms with van der Waals surface area (Å²) in [6, 6.07) is 15.0. The van der Waals surface area contributed by atoms with Crippen LogP contribution in [0, 0.1) is 13.8 Å². The number of aromatic nitrogens is 2. The van der Waals surface area contributed by atoms with Crippen molar-refractivity contribution in [3.05, 3.63) is 70.5 Å². The summed E-state index contributed by atoms with van der Waals surface area (Å²) in [5.74, 6) is 0.574. The first-order chi connectivity index (χ1) is 15.4. The highest BCUT2D eigenvalue weighted by Crippen LogP contribution is 2.25. The Balaban J connectivity index is 1.68. The summed E-state index contributed by atoms with van der Waals surface area (Å²) in [5, 5.41) is 8.30. The van der Waals surface area contributed by atoms with Gasteiger partial charge in [0, 0.05) is 22.8 Å². The van der Waals surface area contributed by atoms with Crippen LogP contribution in [0.25, 0.3) is 5.69 Å². The number of anilines is 1. The summed E-state index contributed by atoms with van der Waals surface area (Å²) >= 11 is 6.00. The van der Waals surface area contributed by atoms with E-state index in [2.05, 4.69) is 29.2 Å². The quantitative estimate of drug-likeness (QED) is 0.466. The van der Waals surface area contributed by atoms with Gasteiger partial charge in [0.1, 0.15) is 12.4 Å². The predicted molar refractivity (Wildman–Crippen MR) is 130 cm³/mol. The maximum Gasteiger partial charge on any atom is 0.229 e. The van der Waals surface area contributed by atoms with E-state index in [9.17, 15) is 4.79 Å². The van der Waals surface area contributed by atoms with Gasteiger partial charge >= 0.3 is 0 Å². The summed E-state index contributed by atoms with van der Waals surface area (Å²) in [5.41, 5.74) is 4.27. The molecule has 2 aromatic carbocycles. The van der Waals surface area contributed by atoms with Crippen LogP contribution >= 0.6 is 11.6 Å². The molecule has 32 heavy (non-hydrogen) atoms. The van der Waals surface area contributed by atoms with E-state index in [1.807, 2.05) is 67.1 Å². The average Bonchev–Trinajstić information content (AvgIpc) is 3.06. The zero-order chi connectivity index (χ0) is 23.1. The summed E-state index contributed by atoms with van der Waals surface area (Å²) < 4.78 is 7.80. The van der Waals surface area contributed by atoms with Crippen LogP contribution in [0.4, 0.5) is 5.69 Å². The Morgan fingerprint density at radius 2 is 1.78 bits per heavy atom. The number of hydrogen-bond acceptors (Lipinski definition) is 4. The Morgan fingerprint density at radius 3 is 2.47 bits per heavy atom. The number of carbonyl (C=O) groups is 1. The van der Waals surface area contributed by atoms with Crippen LogP contribution in [0.2, 0.25) is 5.02 Å². The van der Waals surface area contributed by atoms with E-state index in [4.69, 9.17) is 16.3 Å². The van der Waals surface area contributed by atoms with Gasteiger partial charge in [-0.05, 0) is 63.3 Å². The normalized spacial score (nSPS) is 11.1. The van der Waals surface area contributed by atoms with Crippen molar-refractivity contribution >= 4 is 23.2 Å². The van der Waals surface area contributed by atoms with Gasteiger partial charge < -0.3 is 15.0 Å². The first-order valence-electron chi connectivity index (χ1n) is 11.0. The number of nitrogens with one attached hydrogen (secondary N) is 1. The molecule has 7 heteroatoms. The number of benzene rings is 2. The highest BCUT2D eigenvalue weighted by atomic mass is 35.5. The molecule has 0 fully saturated rings. The van der Waals surface area contributed by atoms with Crippen LogP contribution < -0.4 is 10.1 Å². The lowest BCUT2D eigenvalue weighted by molar-refractivity contribution is -0.115. The molecule has 0 radical (unpaired) electrons. The molecule has 0 atom stereocenters. The molecule has 0 spiro atoms. The van der Waals surface area contributed by atoms with E-state index >= 15 is 0 Å². The molecule has 0 saturated heterocycles. The lowest BCUT2D eigenvalue weighted by atomic mass is 10.1. The van der Waals surface area contributed by atoms with Crippen LogP contribution in [0.3, 0.4) is 0 Å². The highest BCUT2D eigenvalue weighted by molar-refractivity contribution is 6.30. The Bertz CT molecular complexity index is 1040. The number of ether oxygens (including phenoxy) is 1. The van der Waals surface area contributed by atoms with Crippen molar-refractivity contribution in [3.63, 3.8) is 0 Å². The van der Waals surface area contributed by atoms with Gasteiger partial charge in [-0.3, -0.25) is 4.79 Å². The molecule has 0 bridgehead atoms. The third-order valence-corrected chi connectivity index (χ3v) is 5.82. The number of nitrogens with zero attached hydrogens (tertiary/aromatic N) is 3. The molecular weight excluding hydrogens is 424 g/mol. The molecular formula is C25H31ClN4O2. The molecule has 1 N–H and O–H groups in total. The number of halogens is 1. The fraction of sp³-hybridized carbons (Fsp3) is 0.360. The lowest BCUT2D eigenvalue weighted by Gasteiger charge is -2.19. The van der Waals surface area contributed by atoms with Gasteiger partial charge in [-0.15, -0.1) is 0 Å². The number of aryl methyl sites for hydroxylation is 1. The average molecular weight is 455 g/mol. The number of hydrogen-bond donors (Lipinski definition) is 1. The van der Waals surface area contributed by atoms with E-state index < -0.39 is 0 Å². The van der Waals surface area contributed by atoms with Gasteiger partial charge in [-0.25, -0.2) is 4.68 Å². The highest BCUT2D eigenvalue weighted by Gasteiger charge is 2.17. The minimum absolute atomic E-state index is 0.105. The van der Waals surface area contributed by atoms with Crippen molar-refractivity contribution < 1.29 is 9.53 Å². The van der Waals surface area contributed by atoms with Crippen LogP contribution in [0.1, 0.15) is 30.8 Å². The fourth-order valence-electron chi connectivity index (χ4n) is 3.64. The van der Waals surface area contributed by atoms with Crippen LogP contribution in [-0.4, -0.2) is 46.8 Å². The molecule has 3 aromatic rings. The zero-order valence-electron chi connectivity index (χ0n) is 19.2. The van der Waals surface area contributed by atoms with E-state index in [1.54, 1.807) is 0 Å².